The summed E-state index contributed by atoms with van der Waals surface area (Å²) in [7, 11) is 0. The molecule has 0 spiro atoms. The van der Waals surface area contributed by atoms with Gasteiger partial charge >= 0.3 is 0 Å². The number of piperidine rings is 1. The Kier molecular flexibility index (Phi) is 7.06. The first-order valence-electron chi connectivity index (χ1n) is 11.3. The highest BCUT2D eigenvalue weighted by Crippen LogP contribution is 2.22. The summed E-state index contributed by atoms with van der Waals surface area (Å²) in [6.07, 6.45) is 4.38. The first-order valence-corrected chi connectivity index (χ1v) is 11.3. The van der Waals surface area contributed by atoms with Crippen LogP contribution < -0.4 is 5.32 Å². The number of halogens is 1. The Morgan fingerprint density at radius 3 is 2.74 bits per heavy atom. The van der Waals surface area contributed by atoms with E-state index < -0.39 is 0 Å². The van der Waals surface area contributed by atoms with Gasteiger partial charge in [-0.1, -0.05) is 0 Å². The average Bonchev–Trinajstić information content (AvgIpc) is 3.21. The Bertz CT molecular complexity index is 914. The van der Waals surface area contributed by atoms with Gasteiger partial charge in [0.2, 0.25) is 5.91 Å². The van der Waals surface area contributed by atoms with E-state index in [0.717, 1.165) is 61.3 Å². The number of morpholine rings is 1. The van der Waals surface area contributed by atoms with Gasteiger partial charge in [0.05, 0.1) is 13.2 Å². The normalized spacial score (nSPS) is 18.6. The van der Waals surface area contributed by atoms with Crippen molar-refractivity contribution in [1.29, 1.82) is 0 Å². The van der Waals surface area contributed by atoms with Crippen molar-refractivity contribution in [1.82, 2.24) is 20.1 Å². The number of aliphatic imine (C=N–C) groups is 1. The molecule has 168 valence electrons. The number of carbonyl (C=O) groups excluding carboxylic acids is 1. The zero-order chi connectivity index (χ0) is 21.6. The molecule has 2 fully saturated rings. The number of hydrogen-bond acceptors (Lipinski definition) is 3. The number of H-pyrrole nitrogens is 1. The van der Waals surface area contributed by atoms with Crippen LogP contribution >= 0.6 is 0 Å². The maximum absolute atomic E-state index is 13.6. The van der Waals surface area contributed by atoms with Crippen molar-refractivity contribution < 1.29 is 13.9 Å². The van der Waals surface area contributed by atoms with Crippen LogP contribution in [-0.2, 0) is 16.0 Å². The first-order chi connectivity index (χ1) is 15.2. The van der Waals surface area contributed by atoms with E-state index in [1.807, 2.05) is 11.1 Å². The molecular weight excluding hydrogens is 397 g/mol. The minimum atomic E-state index is -0.223. The molecule has 0 atom stereocenters. The van der Waals surface area contributed by atoms with E-state index in [9.17, 15) is 9.18 Å². The standard InChI is InChI=1S/C23H32FN5O2/c1-2-25-23(26-8-5-18-16-27-21-4-3-19(24)15-20(18)21)29-9-6-17(7-10-29)22(30)28-11-13-31-14-12-28/h3-4,15-17,27H,2,5-14H2,1H3,(H,25,26). The molecule has 0 unspecified atom stereocenters. The van der Waals surface area contributed by atoms with Crippen molar-refractivity contribution in [3.8, 4) is 0 Å². The topological polar surface area (TPSA) is 73.0 Å². The molecule has 2 aliphatic rings. The lowest BCUT2D eigenvalue weighted by Gasteiger charge is -2.36. The number of fused-ring (bicyclic) bond motifs is 1. The van der Waals surface area contributed by atoms with Crippen LogP contribution in [0.5, 0.6) is 0 Å². The summed E-state index contributed by atoms with van der Waals surface area (Å²) < 4.78 is 19.0. The smallest absolute Gasteiger partial charge is 0.225 e. The predicted octanol–water partition coefficient (Wildman–Crippen LogP) is 2.39. The third-order valence-electron chi connectivity index (χ3n) is 6.17. The lowest BCUT2D eigenvalue weighted by atomic mass is 9.95. The Morgan fingerprint density at radius 2 is 2.00 bits per heavy atom. The van der Waals surface area contributed by atoms with Gasteiger partial charge in [-0.3, -0.25) is 9.79 Å². The number of nitrogens with one attached hydrogen (secondary N) is 2. The van der Waals surface area contributed by atoms with Crippen LogP contribution in [0.15, 0.2) is 29.4 Å². The molecule has 2 aliphatic heterocycles. The maximum Gasteiger partial charge on any atom is 0.225 e. The zero-order valence-electron chi connectivity index (χ0n) is 18.2. The lowest BCUT2D eigenvalue weighted by molar-refractivity contribution is -0.140. The Labute approximate surface area is 182 Å². The number of nitrogens with zero attached hydrogens (tertiary/aromatic N) is 3. The van der Waals surface area contributed by atoms with E-state index in [-0.39, 0.29) is 17.6 Å². The number of rotatable bonds is 5. The highest BCUT2D eigenvalue weighted by atomic mass is 19.1. The lowest BCUT2D eigenvalue weighted by Crippen LogP contribution is -2.50. The van der Waals surface area contributed by atoms with E-state index in [0.29, 0.717) is 32.8 Å². The molecule has 7 nitrogen and oxygen atoms in total. The van der Waals surface area contributed by atoms with Crippen LogP contribution in [0.25, 0.3) is 10.9 Å². The molecule has 1 aromatic carbocycles. The second kappa shape index (κ2) is 10.1. The van der Waals surface area contributed by atoms with Gasteiger partial charge in [-0.2, -0.15) is 0 Å². The molecule has 0 bridgehead atoms. The van der Waals surface area contributed by atoms with E-state index in [1.54, 1.807) is 12.1 Å². The number of benzene rings is 1. The fourth-order valence-electron chi connectivity index (χ4n) is 4.45. The summed E-state index contributed by atoms with van der Waals surface area (Å²) in [5.41, 5.74) is 2.02. The molecule has 2 saturated heterocycles. The Morgan fingerprint density at radius 1 is 1.23 bits per heavy atom. The number of aromatic nitrogens is 1. The van der Waals surface area contributed by atoms with Crippen LogP contribution in [0.1, 0.15) is 25.3 Å². The van der Waals surface area contributed by atoms with E-state index in [1.165, 1.54) is 6.07 Å². The van der Waals surface area contributed by atoms with Gasteiger partial charge in [-0.15, -0.1) is 0 Å². The molecule has 4 rings (SSSR count). The van der Waals surface area contributed by atoms with Crippen LogP contribution in [0, 0.1) is 11.7 Å². The summed E-state index contributed by atoms with van der Waals surface area (Å²) >= 11 is 0. The third-order valence-corrected chi connectivity index (χ3v) is 6.17. The molecule has 2 N–H and O–H groups in total. The quantitative estimate of drug-likeness (QED) is 0.566. The van der Waals surface area contributed by atoms with Gasteiger partial charge in [0.25, 0.3) is 0 Å². The van der Waals surface area contributed by atoms with Crippen LogP contribution in [-0.4, -0.2) is 79.1 Å². The number of likely N-dealkylation sites (tertiary alicyclic amines) is 1. The van der Waals surface area contributed by atoms with E-state index >= 15 is 0 Å². The number of aromatic amines is 1. The molecule has 3 heterocycles. The number of carbonyl (C=O) groups is 1. The minimum absolute atomic E-state index is 0.0957. The fraction of sp³-hybridized carbons (Fsp3) is 0.565. The van der Waals surface area contributed by atoms with E-state index in [2.05, 4.69) is 22.1 Å². The van der Waals surface area contributed by atoms with Crippen molar-refractivity contribution in [2.24, 2.45) is 10.9 Å². The third kappa shape index (κ3) is 5.18. The second-order valence-corrected chi connectivity index (χ2v) is 8.19. The zero-order valence-corrected chi connectivity index (χ0v) is 18.2. The largest absolute Gasteiger partial charge is 0.378 e. The minimum Gasteiger partial charge on any atom is -0.378 e. The number of guanidine groups is 1. The monoisotopic (exact) mass is 429 g/mol. The molecule has 0 saturated carbocycles. The summed E-state index contributed by atoms with van der Waals surface area (Å²) in [4.78, 5) is 25.0. The SMILES string of the molecule is CCNC(=NCCc1c[nH]c2ccc(F)cc12)N1CCC(C(=O)N2CCOCC2)CC1. The van der Waals surface area contributed by atoms with Crippen molar-refractivity contribution in [2.45, 2.75) is 26.2 Å². The van der Waals surface area contributed by atoms with Crippen molar-refractivity contribution >= 4 is 22.8 Å². The molecule has 2 aromatic rings. The molecule has 0 aliphatic carbocycles. The van der Waals surface area contributed by atoms with Gasteiger partial charge in [0, 0.05) is 62.3 Å². The van der Waals surface area contributed by atoms with Crippen LogP contribution in [0.2, 0.25) is 0 Å². The van der Waals surface area contributed by atoms with Gasteiger partial charge in [0.1, 0.15) is 5.82 Å². The number of ether oxygens (including phenoxy) is 1. The number of hydrogen-bond donors (Lipinski definition) is 2. The van der Waals surface area contributed by atoms with E-state index in [4.69, 9.17) is 9.73 Å². The number of amides is 1. The molecule has 0 radical (unpaired) electrons. The summed E-state index contributed by atoms with van der Waals surface area (Å²) in [5.74, 6) is 1.04. The summed E-state index contributed by atoms with van der Waals surface area (Å²) in [6.45, 7) is 7.84. The van der Waals surface area contributed by atoms with Gasteiger partial charge < -0.3 is 24.8 Å². The summed E-state index contributed by atoms with van der Waals surface area (Å²) in [5, 5.41) is 4.30. The highest BCUT2D eigenvalue weighted by molar-refractivity contribution is 5.84. The molecule has 8 heteroatoms. The molecule has 1 amide bonds. The van der Waals surface area contributed by atoms with Crippen molar-refractivity contribution in [3.63, 3.8) is 0 Å². The Hall–Kier alpha value is -2.61. The molecule has 1 aromatic heterocycles. The average molecular weight is 430 g/mol. The fourth-order valence-corrected chi connectivity index (χ4v) is 4.45. The molecule has 31 heavy (non-hydrogen) atoms. The van der Waals surface area contributed by atoms with Crippen molar-refractivity contribution in [2.75, 3.05) is 52.5 Å². The van der Waals surface area contributed by atoms with Crippen molar-refractivity contribution in [3.05, 3.63) is 35.8 Å². The Balaban J connectivity index is 1.33. The summed E-state index contributed by atoms with van der Waals surface area (Å²) in [6, 6.07) is 4.81. The van der Waals surface area contributed by atoms with Crippen LogP contribution in [0.3, 0.4) is 0 Å². The molecular formula is C23H32FN5O2. The maximum atomic E-state index is 13.6. The predicted molar refractivity (Wildman–Crippen MR) is 120 cm³/mol. The van der Waals surface area contributed by atoms with Gasteiger partial charge in [0.15, 0.2) is 5.96 Å². The van der Waals surface area contributed by atoms with Gasteiger partial charge in [-0.05, 0) is 49.9 Å². The van der Waals surface area contributed by atoms with Crippen LogP contribution in [0.4, 0.5) is 4.39 Å². The second-order valence-electron chi connectivity index (χ2n) is 8.19. The highest BCUT2D eigenvalue weighted by Gasteiger charge is 2.30. The van der Waals surface area contributed by atoms with Gasteiger partial charge in [-0.25, -0.2) is 4.39 Å². The first kappa shape index (κ1) is 21.6.